The van der Waals surface area contributed by atoms with Gasteiger partial charge in [0.05, 0.1) is 12.0 Å². The lowest BCUT2D eigenvalue weighted by molar-refractivity contribution is 0.292. The molecule has 0 aliphatic heterocycles. The van der Waals surface area contributed by atoms with Gasteiger partial charge in [-0.1, -0.05) is 30.3 Å². The molecule has 0 N–H and O–H groups in total. The van der Waals surface area contributed by atoms with Gasteiger partial charge >= 0.3 is 0 Å². The lowest BCUT2D eigenvalue weighted by Crippen LogP contribution is -2.01. The molecule has 98 valence electrons. The second-order valence-corrected chi connectivity index (χ2v) is 4.43. The first-order chi connectivity index (χ1) is 9.79. The van der Waals surface area contributed by atoms with Gasteiger partial charge in [0.25, 0.3) is 0 Å². The van der Waals surface area contributed by atoms with E-state index in [-0.39, 0.29) is 0 Å². The number of aromatic nitrogens is 1. The maximum atomic E-state index is 9.29. The largest absolute Gasteiger partial charge is 0.472 e. The molecule has 3 aromatic rings. The van der Waals surface area contributed by atoms with Crippen molar-refractivity contribution in [1.82, 2.24) is 4.98 Å². The van der Waals surface area contributed by atoms with Gasteiger partial charge in [-0.2, -0.15) is 5.26 Å². The second-order valence-electron chi connectivity index (χ2n) is 4.43. The lowest BCUT2D eigenvalue weighted by atomic mass is 10.2. The maximum Gasteiger partial charge on any atom is 0.236 e. The Balaban J connectivity index is 1.97. The third kappa shape index (κ3) is 2.10. The zero-order valence-corrected chi connectivity index (χ0v) is 11.0. The molecule has 0 aliphatic rings. The van der Waals surface area contributed by atoms with E-state index in [1.165, 1.54) is 0 Å². The summed E-state index contributed by atoms with van der Waals surface area (Å²) in [4.78, 5) is 4.35. The van der Waals surface area contributed by atoms with E-state index >= 15 is 0 Å². The van der Waals surface area contributed by atoms with Gasteiger partial charge in [0.1, 0.15) is 12.7 Å². The molecule has 0 fully saturated rings. The Hall–Kier alpha value is -2.80. The summed E-state index contributed by atoms with van der Waals surface area (Å²) in [5.74, 6) is 0.316. The Morgan fingerprint density at radius 1 is 1.25 bits per heavy atom. The molecule has 4 nitrogen and oxygen atoms in total. The number of ether oxygens (including phenoxy) is 1. The average molecular weight is 264 g/mol. The SMILES string of the molecule is Cc1nc(OCc2ccccc2)c(C#N)c2occc12. The van der Waals surface area contributed by atoms with E-state index in [0.29, 0.717) is 23.6 Å². The molecule has 0 atom stereocenters. The van der Waals surface area contributed by atoms with Crippen molar-refractivity contribution in [2.45, 2.75) is 13.5 Å². The van der Waals surface area contributed by atoms with E-state index in [1.807, 2.05) is 37.3 Å². The molecule has 0 saturated carbocycles. The van der Waals surface area contributed by atoms with E-state index in [4.69, 9.17) is 9.15 Å². The summed E-state index contributed by atoms with van der Waals surface area (Å²) in [6.07, 6.45) is 1.56. The van der Waals surface area contributed by atoms with Crippen LogP contribution < -0.4 is 4.74 Å². The molecule has 2 heterocycles. The van der Waals surface area contributed by atoms with Gasteiger partial charge in [-0.15, -0.1) is 0 Å². The van der Waals surface area contributed by atoms with Crippen LogP contribution in [-0.2, 0) is 6.61 Å². The number of aryl methyl sites for hydroxylation is 1. The number of furan rings is 1. The highest BCUT2D eigenvalue weighted by Crippen LogP contribution is 2.28. The Bertz CT molecular complexity index is 785. The van der Waals surface area contributed by atoms with E-state index in [0.717, 1.165) is 16.6 Å². The van der Waals surface area contributed by atoms with E-state index < -0.39 is 0 Å². The van der Waals surface area contributed by atoms with Crippen LogP contribution in [0.1, 0.15) is 16.8 Å². The van der Waals surface area contributed by atoms with Gasteiger partial charge < -0.3 is 9.15 Å². The van der Waals surface area contributed by atoms with Crippen LogP contribution >= 0.6 is 0 Å². The zero-order valence-electron chi connectivity index (χ0n) is 11.0. The monoisotopic (exact) mass is 264 g/mol. The van der Waals surface area contributed by atoms with Crippen molar-refractivity contribution in [3.63, 3.8) is 0 Å². The molecule has 0 amide bonds. The first-order valence-corrected chi connectivity index (χ1v) is 6.24. The number of rotatable bonds is 3. The Kier molecular flexibility index (Phi) is 3.10. The number of pyridine rings is 1. The smallest absolute Gasteiger partial charge is 0.236 e. The molecule has 0 bridgehead atoms. The van der Waals surface area contributed by atoms with Crippen LogP contribution in [0.25, 0.3) is 11.0 Å². The predicted octanol–water partition coefficient (Wildman–Crippen LogP) is 3.59. The first-order valence-electron chi connectivity index (χ1n) is 6.24. The van der Waals surface area contributed by atoms with Crippen molar-refractivity contribution < 1.29 is 9.15 Å². The standard InChI is InChI=1S/C16H12N2O2/c1-11-13-7-8-19-15(13)14(9-17)16(18-11)20-10-12-5-3-2-4-6-12/h2-8H,10H2,1H3. The minimum absolute atomic E-state index is 0.316. The van der Waals surface area contributed by atoms with Crippen LogP contribution in [0.5, 0.6) is 5.88 Å². The summed E-state index contributed by atoms with van der Waals surface area (Å²) in [6, 6.07) is 13.7. The van der Waals surface area contributed by atoms with Crippen LogP contribution in [0.4, 0.5) is 0 Å². The highest BCUT2D eigenvalue weighted by molar-refractivity contribution is 5.86. The Morgan fingerprint density at radius 2 is 2.05 bits per heavy atom. The van der Waals surface area contributed by atoms with Crippen LogP contribution in [-0.4, -0.2) is 4.98 Å². The maximum absolute atomic E-state index is 9.29. The molecule has 3 rings (SSSR count). The fourth-order valence-corrected chi connectivity index (χ4v) is 2.08. The summed E-state index contributed by atoms with van der Waals surface area (Å²) in [6.45, 7) is 2.24. The zero-order chi connectivity index (χ0) is 13.9. The molecule has 1 aromatic carbocycles. The van der Waals surface area contributed by atoms with Crippen molar-refractivity contribution in [1.29, 1.82) is 5.26 Å². The average Bonchev–Trinajstić information content (AvgIpc) is 2.96. The third-order valence-electron chi connectivity index (χ3n) is 3.10. The van der Waals surface area contributed by atoms with Crippen LogP contribution in [0.3, 0.4) is 0 Å². The normalized spacial score (nSPS) is 10.4. The van der Waals surface area contributed by atoms with Gasteiger partial charge in [-0.05, 0) is 18.6 Å². The quantitative estimate of drug-likeness (QED) is 0.725. The van der Waals surface area contributed by atoms with Gasteiger partial charge in [0, 0.05) is 5.39 Å². The minimum Gasteiger partial charge on any atom is -0.472 e. The Morgan fingerprint density at radius 3 is 2.80 bits per heavy atom. The van der Waals surface area contributed by atoms with Crippen LogP contribution in [0.2, 0.25) is 0 Å². The number of benzene rings is 1. The van der Waals surface area contributed by atoms with E-state index in [9.17, 15) is 5.26 Å². The molecule has 0 aliphatic carbocycles. The number of nitriles is 1. The molecule has 2 aromatic heterocycles. The van der Waals surface area contributed by atoms with Crippen LogP contribution in [0.15, 0.2) is 47.1 Å². The summed E-state index contributed by atoms with van der Waals surface area (Å²) in [5, 5.41) is 10.1. The summed E-state index contributed by atoms with van der Waals surface area (Å²) in [7, 11) is 0. The van der Waals surface area contributed by atoms with Crippen molar-refractivity contribution in [2.75, 3.05) is 0 Å². The highest BCUT2D eigenvalue weighted by Gasteiger charge is 2.15. The molecule has 0 unspecified atom stereocenters. The van der Waals surface area contributed by atoms with E-state index in [1.54, 1.807) is 12.3 Å². The molecular formula is C16H12N2O2. The van der Waals surface area contributed by atoms with Crippen molar-refractivity contribution >= 4 is 11.0 Å². The fourth-order valence-electron chi connectivity index (χ4n) is 2.08. The molecule has 0 radical (unpaired) electrons. The van der Waals surface area contributed by atoms with E-state index in [2.05, 4.69) is 11.1 Å². The number of nitrogens with zero attached hydrogens (tertiary/aromatic N) is 2. The molecule has 20 heavy (non-hydrogen) atoms. The molecule has 0 spiro atoms. The number of fused-ring (bicyclic) bond motifs is 1. The third-order valence-corrected chi connectivity index (χ3v) is 3.10. The minimum atomic E-state index is 0.316. The predicted molar refractivity (Wildman–Crippen MR) is 74.2 cm³/mol. The second kappa shape index (κ2) is 5.06. The Labute approximate surface area is 116 Å². The fraction of sp³-hybridized carbons (Fsp3) is 0.125. The van der Waals surface area contributed by atoms with Gasteiger partial charge in [-0.3, -0.25) is 0 Å². The number of hydrogen-bond donors (Lipinski definition) is 0. The molecule has 0 saturated heterocycles. The summed E-state index contributed by atoms with van der Waals surface area (Å²) in [5.41, 5.74) is 2.68. The molecule has 4 heteroatoms. The van der Waals surface area contributed by atoms with Crippen molar-refractivity contribution in [3.8, 4) is 11.9 Å². The van der Waals surface area contributed by atoms with Crippen molar-refractivity contribution in [2.24, 2.45) is 0 Å². The highest BCUT2D eigenvalue weighted by atomic mass is 16.5. The lowest BCUT2D eigenvalue weighted by Gasteiger charge is -2.08. The van der Waals surface area contributed by atoms with Crippen molar-refractivity contribution in [3.05, 3.63) is 59.5 Å². The van der Waals surface area contributed by atoms with Gasteiger partial charge in [0.15, 0.2) is 11.1 Å². The number of hydrogen-bond acceptors (Lipinski definition) is 4. The van der Waals surface area contributed by atoms with Gasteiger partial charge in [-0.25, -0.2) is 4.98 Å². The molecular weight excluding hydrogens is 252 g/mol. The van der Waals surface area contributed by atoms with Crippen LogP contribution in [0, 0.1) is 18.3 Å². The summed E-state index contributed by atoms with van der Waals surface area (Å²) >= 11 is 0. The topological polar surface area (TPSA) is 59.0 Å². The first kappa shape index (κ1) is 12.2. The summed E-state index contributed by atoms with van der Waals surface area (Å²) < 4.78 is 11.0. The van der Waals surface area contributed by atoms with Gasteiger partial charge in [0.2, 0.25) is 5.88 Å².